The van der Waals surface area contributed by atoms with E-state index in [1.165, 1.54) is 17.1 Å². The van der Waals surface area contributed by atoms with Gasteiger partial charge in [0.15, 0.2) is 0 Å². The third-order valence-corrected chi connectivity index (χ3v) is 8.92. The summed E-state index contributed by atoms with van der Waals surface area (Å²) in [5, 5.41) is 10.7. The molecule has 4 rings (SSSR count). The largest absolute Gasteiger partial charge is 0.389 e. The highest BCUT2D eigenvalue weighted by molar-refractivity contribution is 7.94. The Balaban J connectivity index is 1.54. The van der Waals surface area contributed by atoms with Crippen molar-refractivity contribution >= 4 is 21.6 Å². The van der Waals surface area contributed by atoms with Gasteiger partial charge in [-0.05, 0) is 37.3 Å². The quantitative estimate of drug-likeness (QED) is 0.869. The van der Waals surface area contributed by atoms with Crippen LogP contribution in [0.4, 0.5) is 5.69 Å². The van der Waals surface area contributed by atoms with Crippen molar-refractivity contribution in [2.75, 3.05) is 23.9 Å². The van der Waals surface area contributed by atoms with Crippen molar-refractivity contribution in [1.29, 1.82) is 0 Å². The molecule has 0 bridgehead atoms. The number of anilines is 1. The summed E-state index contributed by atoms with van der Waals surface area (Å²) in [4.78, 5) is 14.3. The Bertz CT molecular complexity index is 776. The number of aliphatic hydroxyl groups is 1. The number of carbonyl (C=O) groups excluding carboxylic acids is 1. The summed E-state index contributed by atoms with van der Waals surface area (Å²) in [7, 11) is -3.73. The van der Waals surface area contributed by atoms with Crippen LogP contribution in [0.25, 0.3) is 0 Å². The molecule has 142 valence electrons. The second-order valence-corrected chi connectivity index (χ2v) is 10.1. The lowest BCUT2D eigenvalue weighted by atomic mass is 10.0. The molecule has 2 atom stereocenters. The lowest BCUT2D eigenvalue weighted by Crippen LogP contribution is -2.48. The molecule has 6 nitrogen and oxygen atoms in total. The predicted octanol–water partition coefficient (Wildman–Crippen LogP) is 1.75. The van der Waals surface area contributed by atoms with E-state index in [4.69, 9.17) is 0 Å². The van der Waals surface area contributed by atoms with Crippen LogP contribution in [0.15, 0.2) is 30.3 Å². The van der Waals surface area contributed by atoms with Gasteiger partial charge in [-0.1, -0.05) is 31.0 Å². The molecule has 2 heterocycles. The molecule has 1 amide bonds. The number of benzene rings is 1. The number of carbonyl (C=O) groups is 1. The lowest BCUT2D eigenvalue weighted by Gasteiger charge is -2.27. The molecule has 1 saturated carbocycles. The van der Waals surface area contributed by atoms with Gasteiger partial charge in [0.2, 0.25) is 15.9 Å². The minimum Gasteiger partial charge on any atom is -0.389 e. The van der Waals surface area contributed by atoms with Crippen molar-refractivity contribution in [3.63, 3.8) is 0 Å². The number of amides is 1. The molecule has 0 aromatic heterocycles. The molecule has 1 N–H and O–H groups in total. The van der Waals surface area contributed by atoms with Gasteiger partial charge in [0, 0.05) is 19.5 Å². The van der Waals surface area contributed by atoms with Crippen LogP contribution in [0.5, 0.6) is 0 Å². The van der Waals surface area contributed by atoms with Crippen molar-refractivity contribution in [1.82, 2.24) is 4.90 Å². The molecule has 2 aliphatic heterocycles. The van der Waals surface area contributed by atoms with E-state index in [9.17, 15) is 18.3 Å². The van der Waals surface area contributed by atoms with Gasteiger partial charge in [-0.25, -0.2) is 8.42 Å². The predicted molar refractivity (Wildman–Crippen MR) is 99.2 cm³/mol. The molecule has 0 unspecified atom stereocenters. The number of aliphatic hydroxyl groups excluding tert-OH is 1. The summed E-state index contributed by atoms with van der Waals surface area (Å²) in [6.45, 7) is 0.562. The van der Waals surface area contributed by atoms with Crippen LogP contribution in [-0.4, -0.2) is 54.8 Å². The fraction of sp³-hybridized carbons (Fsp3) is 0.632. The smallest absolute Gasteiger partial charge is 0.245 e. The van der Waals surface area contributed by atoms with Gasteiger partial charge >= 0.3 is 0 Å². The highest BCUT2D eigenvalue weighted by atomic mass is 32.2. The number of nitrogens with zero attached hydrogens (tertiary/aromatic N) is 2. The van der Waals surface area contributed by atoms with E-state index >= 15 is 0 Å². The van der Waals surface area contributed by atoms with Crippen molar-refractivity contribution in [2.45, 2.75) is 49.4 Å². The summed E-state index contributed by atoms with van der Waals surface area (Å²) in [6, 6.07) is 8.88. The summed E-state index contributed by atoms with van der Waals surface area (Å²) >= 11 is 0. The fourth-order valence-electron chi connectivity index (χ4n) is 4.74. The van der Waals surface area contributed by atoms with Crippen LogP contribution in [0.2, 0.25) is 0 Å². The summed E-state index contributed by atoms with van der Waals surface area (Å²) < 4.78 is 26.6. The molecule has 1 spiro atoms. The number of β-amino-alcohol motifs (C(OH)–C–C–N with tert-alkyl or cyclic N) is 1. The van der Waals surface area contributed by atoms with Crippen molar-refractivity contribution in [2.24, 2.45) is 5.92 Å². The van der Waals surface area contributed by atoms with Crippen molar-refractivity contribution < 1.29 is 18.3 Å². The normalized spacial score (nSPS) is 31.2. The Labute approximate surface area is 154 Å². The van der Waals surface area contributed by atoms with E-state index in [1.54, 1.807) is 29.2 Å². The Kier molecular flexibility index (Phi) is 4.47. The molecule has 2 saturated heterocycles. The van der Waals surface area contributed by atoms with E-state index in [-0.39, 0.29) is 19.0 Å². The van der Waals surface area contributed by atoms with Gasteiger partial charge in [-0.15, -0.1) is 0 Å². The fourth-order valence-corrected chi connectivity index (χ4v) is 7.00. The van der Waals surface area contributed by atoms with E-state index in [2.05, 4.69) is 0 Å². The van der Waals surface area contributed by atoms with Crippen LogP contribution in [0.1, 0.15) is 38.5 Å². The average molecular weight is 378 g/mol. The standard InChI is InChI=1S/C19H26N2O4S/c22-17-13-21(16-8-2-1-3-9-16)26(24,25)19(17)10-11-20(14-19)18(23)12-15-6-4-5-7-15/h1-3,8-9,15,17,22H,4-7,10-14H2/t17-,19+/m0/s1. The first kappa shape index (κ1) is 17.8. The molecule has 1 aromatic rings. The molecule has 0 radical (unpaired) electrons. The van der Waals surface area contributed by atoms with E-state index in [1.807, 2.05) is 6.07 Å². The lowest BCUT2D eigenvalue weighted by molar-refractivity contribution is -0.131. The number of hydrogen-bond acceptors (Lipinski definition) is 4. The second kappa shape index (κ2) is 6.53. The summed E-state index contributed by atoms with van der Waals surface area (Å²) in [5.41, 5.74) is 0.569. The van der Waals surface area contributed by atoms with E-state index < -0.39 is 20.9 Å². The molecule has 3 aliphatic rings. The van der Waals surface area contributed by atoms with Gasteiger partial charge < -0.3 is 10.0 Å². The minimum absolute atomic E-state index is 0.0364. The number of para-hydroxylation sites is 1. The zero-order valence-corrected chi connectivity index (χ0v) is 15.7. The monoisotopic (exact) mass is 378 g/mol. The van der Waals surface area contributed by atoms with E-state index in [0.717, 1.165) is 12.8 Å². The topological polar surface area (TPSA) is 77.9 Å². The molecule has 1 aromatic carbocycles. The molecule has 3 fully saturated rings. The van der Waals surface area contributed by atoms with Gasteiger partial charge in [0.25, 0.3) is 0 Å². The van der Waals surface area contributed by atoms with Crippen LogP contribution in [0, 0.1) is 5.92 Å². The molecule has 26 heavy (non-hydrogen) atoms. The third kappa shape index (κ3) is 2.72. The van der Waals surface area contributed by atoms with Gasteiger partial charge in [-0.3, -0.25) is 9.10 Å². The van der Waals surface area contributed by atoms with Crippen molar-refractivity contribution in [3.05, 3.63) is 30.3 Å². The van der Waals surface area contributed by atoms with Crippen LogP contribution in [0.3, 0.4) is 0 Å². The molecular weight excluding hydrogens is 352 g/mol. The Morgan fingerprint density at radius 1 is 1.19 bits per heavy atom. The highest BCUT2D eigenvalue weighted by Gasteiger charge is 2.62. The number of rotatable bonds is 3. The zero-order chi connectivity index (χ0) is 18.4. The SMILES string of the molecule is O=C(CC1CCCC1)N1CC[C@@]2(C1)[C@@H](O)CN(c1ccccc1)S2(=O)=O. The maximum Gasteiger partial charge on any atom is 0.245 e. The molecule has 1 aliphatic carbocycles. The Hall–Kier alpha value is -1.60. The Morgan fingerprint density at radius 3 is 2.58 bits per heavy atom. The first-order valence-electron chi connectivity index (χ1n) is 9.47. The van der Waals surface area contributed by atoms with Gasteiger partial charge in [0.05, 0.1) is 18.3 Å². The second-order valence-electron chi connectivity index (χ2n) is 7.87. The number of likely N-dealkylation sites (tertiary alicyclic amines) is 1. The van der Waals surface area contributed by atoms with Crippen LogP contribution in [-0.2, 0) is 14.8 Å². The number of sulfonamides is 1. The Morgan fingerprint density at radius 2 is 1.88 bits per heavy atom. The number of hydrogen-bond donors (Lipinski definition) is 1. The summed E-state index contributed by atoms with van der Waals surface area (Å²) in [6.07, 6.45) is 4.37. The minimum atomic E-state index is -3.73. The third-order valence-electron chi connectivity index (χ3n) is 6.35. The maximum absolute atomic E-state index is 13.3. The molecular formula is C19H26N2O4S. The van der Waals surface area contributed by atoms with Crippen molar-refractivity contribution in [3.8, 4) is 0 Å². The van der Waals surface area contributed by atoms with Gasteiger partial charge in [0.1, 0.15) is 4.75 Å². The maximum atomic E-state index is 13.3. The zero-order valence-electron chi connectivity index (χ0n) is 14.9. The highest BCUT2D eigenvalue weighted by Crippen LogP contribution is 2.43. The van der Waals surface area contributed by atoms with Crippen LogP contribution < -0.4 is 4.31 Å². The van der Waals surface area contributed by atoms with Gasteiger partial charge in [-0.2, -0.15) is 0 Å². The first-order valence-corrected chi connectivity index (χ1v) is 10.9. The first-order chi connectivity index (χ1) is 12.4. The average Bonchev–Trinajstić information content (AvgIpc) is 3.33. The van der Waals surface area contributed by atoms with Crippen LogP contribution >= 0.6 is 0 Å². The van der Waals surface area contributed by atoms with E-state index in [0.29, 0.717) is 31.0 Å². The summed E-state index contributed by atoms with van der Waals surface area (Å²) in [5.74, 6) is 0.472. The molecule has 7 heteroatoms.